The predicted octanol–water partition coefficient (Wildman–Crippen LogP) is 2.35. The number of nitrogens with zero attached hydrogens (tertiary/aromatic N) is 2. The fraction of sp³-hybridized carbons (Fsp3) is 0.615. The molecule has 1 aromatic rings. The lowest BCUT2D eigenvalue weighted by atomic mass is 9.60. The maximum absolute atomic E-state index is 13.5. The van der Waals surface area contributed by atoms with E-state index >= 15 is 0 Å². The van der Waals surface area contributed by atoms with Gasteiger partial charge in [0.05, 0.1) is 24.0 Å². The number of amides is 3. The minimum atomic E-state index is -1.13. The van der Waals surface area contributed by atoms with E-state index in [0.717, 1.165) is 37.7 Å². The summed E-state index contributed by atoms with van der Waals surface area (Å²) < 4.78 is 5.21. The van der Waals surface area contributed by atoms with Crippen LogP contribution in [0.2, 0.25) is 0 Å². The van der Waals surface area contributed by atoms with E-state index in [9.17, 15) is 24.6 Å². The van der Waals surface area contributed by atoms with Crippen LogP contribution in [-0.2, 0) is 20.9 Å². The van der Waals surface area contributed by atoms with Crippen LogP contribution in [-0.4, -0.2) is 57.0 Å². The number of hydrogen-bond acceptors (Lipinski definition) is 7. The second-order valence-corrected chi connectivity index (χ2v) is 10.3. The molecule has 3 N–H and O–H groups in total. The number of likely N-dealkylation sites (tertiary alicyclic amines) is 1. The first kappa shape index (κ1) is 23.9. The number of aliphatic hydroxyl groups excluding tert-OH is 2. The van der Waals surface area contributed by atoms with Crippen LogP contribution in [0.25, 0.3) is 0 Å². The van der Waals surface area contributed by atoms with Gasteiger partial charge in [0, 0.05) is 30.0 Å². The second kappa shape index (κ2) is 10.1. The van der Waals surface area contributed by atoms with Gasteiger partial charge in [0.2, 0.25) is 11.8 Å². The summed E-state index contributed by atoms with van der Waals surface area (Å²) in [5.41, 5.74) is 3.77. The predicted molar refractivity (Wildman–Crippen MR) is 126 cm³/mol. The van der Waals surface area contributed by atoms with E-state index < -0.39 is 36.1 Å². The van der Waals surface area contributed by atoms with Gasteiger partial charge in [-0.3, -0.25) is 14.5 Å². The number of aliphatic hydroxyl groups is 2. The zero-order valence-electron chi connectivity index (χ0n) is 19.7. The number of fused-ring (bicyclic) bond motifs is 3. The van der Waals surface area contributed by atoms with Crippen LogP contribution in [0.5, 0.6) is 0 Å². The number of carbonyl (C=O) groups is 3. The van der Waals surface area contributed by atoms with Gasteiger partial charge in [0.1, 0.15) is 6.61 Å². The summed E-state index contributed by atoms with van der Waals surface area (Å²) >= 11 is 0. The van der Waals surface area contributed by atoms with Crippen molar-refractivity contribution in [2.45, 2.75) is 76.2 Å². The highest BCUT2D eigenvalue weighted by Crippen LogP contribution is 2.50. The average molecular weight is 484 g/mol. The van der Waals surface area contributed by atoms with E-state index in [1.165, 1.54) is 4.90 Å². The smallest absolute Gasteiger partial charge is 0.428 e. The molecule has 6 atom stereocenters. The van der Waals surface area contributed by atoms with E-state index in [4.69, 9.17) is 4.74 Å². The molecular weight excluding hydrogens is 450 g/mol. The van der Waals surface area contributed by atoms with Crippen LogP contribution in [0.15, 0.2) is 35.4 Å². The number of nitrogens with one attached hydrogen (secondary N) is 1. The van der Waals surface area contributed by atoms with Crippen molar-refractivity contribution < 1.29 is 29.3 Å². The largest absolute Gasteiger partial charge is 0.443 e. The third kappa shape index (κ3) is 4.59. The monoisotopic (exact) mass is 483 g/mol. The number of ether oxygens (including phenoxy) is 1. The van der Waals surface area contributed by atoms with Crippen LogP contribution in [0.3, 0.4) is 0 Å². The summed E-state index contributed by atoms with van der Waals surface area (Å²) in [6.45, 7) is 0.0995. The quantitative estimate of drug-likeness (QED) is 0.446. The van der Waals surface area contributed by atoms with Crippen molar-refractivity contribution >= 4 is 23.6 Å². The molecule has 1 saturated heterocycles. The Bertz CT molecular complexity index is 992. The van der Waals surface area contributed by atoms with Crippen LogP contribution in [0.1, 0.15) is 56.9 Å². The van der Waals surface area contributed by atoms with Crippen molar-refractivity contribution in [1.29, 1.82) is 0 Å². The topological polar surface area (TPSA) is 129 Å². The van der Waals surface area contributed by atoms with Gasteiger partial charge >= 0.3 is 6.09 Å². The van der Waals surface area contributed by atoms with Crippen molar-refractivity contribution in [3.63, 3.8) is 0 Å². The van der Waals surface area contributed by atoms with Gasteiger partial charge < -0.3 is 14.9 Å². The standard InChI is InChI=1S/C26H33N3O6/c30-20-13-19(27-28-26(34)35-14-15-7-3-1-4-8-15)17-11-12-18-22(21(17)23(20)31)25(33)29(24(18)32)16-9-5-2-6-10-16/h1,3-4,7-8,16-18,20-23,30-31H,2,5-6,9-14H2,(H,28,34)/t17-,18-,20-,21+,22-,23-/m1/s1. The molecule has 35 heavy (non-hydrogen) atoms. The Balaban J connectivity index is 1.30. The molecule has 0 bridgehead atoms. The van der Waals surface area contributed by atoms with E-state index in [1.54, 1.807) is 0 Å². The van der Waals surface area contributed by atoms with Crippen molar-refractivity contribution in [3.8, 4) is 0 Å². The Morgan fingerprint density at radius 1 is 1.00 bits per heavy atom. The maximum atomic E-state index is 13.5. The van der Waals surface area contributed by atoms with E-state index in [0.29, 0.717) is 18.6 Å². The Morgan fingerprint density at radius 3 is 2.46 bits per heavy atom. The Labute approximate surface area is 204 Å². The molecule has 0 spiro atoms. The molecule has 1 aliphatic heterocycles. The summed E-state index contributed by atoms with van der Waals surface area (Å²) in [6, 6.07) is 9.21. The zero-order valence-corrected chi connectivity index (χ0v) is 19.7. The third-order valence-corrected chi connectivity index (χ3v) is 8.26. The first-order valence-corrected chi connectivity index (χ1v) is 12.7. The number of benzene rings is 1. The van der Waals surface area contributed by atoms with E-state index in [1.807, 2.05) is 30.3 Å². The number of carbonyl (C=O) groups excluding carboxylic acids is 3. The van der Waals surface area contributed by atoms with Crippen LogP contribution in [0, 0.1) is 23.7 Å². The molecule has 1 aromatic carbocycles. The number of hydrogen-bond donors (Lipinski definition) is 3. The highest BCUT2D eigenvalue weighted by Gasteiger charge is 2.60. The fourth-order valence-electron chi connectivity index (χ4n) is 6.59. The van der Waals surface area contributed by atoms with Gasteiger partial charge in [-0.2, -0.15) is 5.10 Å². The Kier molecular flexibility index (Phi) is 6.88. The molecule has 3 saturated carbocycles. The lowest BCUT2D eigenvalue weighted by molar-refractivity contribution is -0.145. The van der Waals surface area contributed by atoms with Gasteiger partial charge in [-0.1, -0.05) is 49.6 Å². The molecule has 9 nitrogen and oxygen atoms in total. The van der Waals surface area contributed by atoms with Gasteiger partial charge in [0.25, 0.3) is 0 Å². The SMILES string of the molecule is O=C(NN=C1C[C@@H](O)[C@@H](O)[C@@H]2[C@@H]3C(=O)N(C4CCCCC4)C(=O)[C@@H]3CC[C@H]12)OCc1ccccc1. The summed E-state index contributed by atoms with van der Waals surface area (Å²) in [6.07, 6.45) is 3.01. The number of imide groups is 1. The first-order chi connectivity index (χ1) is 17.0. The summed E-state index contributed by atoms with van der Waals surface area (Å²) in [5.74, 6) is -2.38. The summed E-state index contributed by atoms with van der Waals surface area (Å²) in [7, 11) is 0. The maximum Gasteiger partial charge on any atom is 0.428 e. The average Bonchev–Trinajstić information content (AvgIpc) is 3.14. The van der Waals surface area contributed by atoms with Gasteiger partial charge in [-0.25, -0.2) is 10.2 Å². The molecule has 1 heterocycles. The molecule has 9 heteroatoms. The summed E-state index contributed by atoms with van der Waals surface area (Å²) in [4.78, 5) is 40.5. The van der Waals surface area contributed by atoms with Crippen LogP contribution in [0.4, 0.5) is 4.79 Å². The van der Waals surface area contributed by atoms with Gasteiger partial charge in [0.15, 0.2) is 0 Å². The fourth-order valence-corrected chi connectivity index (χ4v) is 6.59. The van der Waals surface area contributed by atoms with E-state index in [2.05, 4.69) is 10.5 Å². The Morgan fingerprint density at radius 2 is 1.71 bits per heavy atom. The van der Waals surface area contributed by atoms with E-state index in [-0.39, 0.29) is 36.8 Å². The minimum Gasteiger partial charge on any atom is -0.443 e. The second-order valence-electron chi connectivity index (χ2n) is 10.3. The highest BCUT2D eigenvalue weighted by molar-refractivity contribution is 6.06. The molecule has 4 fully saturated rings. The number of rotatable bonds is 4. The minimum absolute atomic E-state index is 0.0624. The highest BCUT2D eigenvalue weighted by atomic mass is 16.6. The third-order valence-electron chi connectivity index (χ3n) is 8.26. The van der Waals surface area contributed by atoms with Crippen molar-refractivity contribution in [2.24, 2.45) is 28.8 Å². The molecular formula is C26H33N3O6. The zero-order chi connectivity index (χ0) is 24.5. The molecule has 4 aliphatic rings. The summed E-state index contributed by atoms with van der Waals surface area (Å²) in [5, 5.41) is 25.8. The van der Waals surface area contributed by atoms with Gasteiger partial charge in [-0.15, -0.1) is 0 Å². The lowest BCUT2D eigenvalue weighted by Gasteiger charge is -2.45. The molecule has 3 aliphatic carbocycles. The van der Waals surface area contributed by atoms with Crippen molar-refractivity contribution in [3.05, 3.63) is 35.9 Å². The first-order valence-electron chi connectivity index (χ1n) is 12.7. The molecule has 0 radical (unpaired) electrons. The molecule has 3 amide bonds. The lowest BCUT2D eigenvalue weighted by Crippen LogP contribution is -2.55. The van der Waals surface area contributed by atoms with Crippen molar-refractivity contribution in [1.82, 2.24) is 10.3 Å². The van der Waals surface area contributed by atoms with Crippen molar-refractivity contribution in [2.75, 3.05) is 0 Å². The van der Waals surface area contributed by atoms with Crippen LogP contribution >= 0.6 is 0 Å². The number of hydrazone groups is 1. The molecule has 0 unspecified atom stereocenters. The molecule has 0 aromatic heterocycles. The van der Waals surface area contributed by atoms with Crippen LogP contribution < -0.4 is 5.43 Å². The van der Waals surface area contributed by atoms with Gasteiger partial charge in [-0.05, 0) is 31.2 Å². The normalized spacial score (nSPS) is 34.5. The Hall–Kier alpha value is -2.78. The molecule has 5 rings (SSSR count). The molecule has 188 valence electrons.